The Balaban J connectivity index is 2.28. The van der Waals surface area contributed by atoms with Crippen LogP contribution < -0.4 is 5.32 Å². The van der Waals surface area contributed by atoms with Gasteiger partial charge in [-0.25, -0.2) is 8.42 Å². The van der Waals surface area contributed by atoms with Gasteiger partial charge in [-0.15, -0.1) is 0 Å². The minimum atomic E-state index is -3.40. The zero-order chi connectivity index (χ0) is 14.6. The summed E-state index contributed by atoms with van der Waals surface area (Å²) in [4.78, 5) is 0.420. The van der Waals surface area contributed by atoms with Gasteiger partial charge in [0.05, 0.1) is 4.90 Å². The predicted molar refractivity (Wildman–Crippen MR) is 80.9 cm³/mol. The Morgan fingerprint density at radius 1 is 1.25 bits per heavy atom. The van der Waals surface area contributed by atoms with Crippen LogP contribution >= 0.6 is 0 Å². The first-order valence-electron chi connectivity index (χ1n) is 6.98. The summed E-state index contributed by atoms with van der Waals surface area (Å²) in [5.41, 5.74) is 0.829. The first-order valence-corrected chi connectivity index (χ1v) is 8.42. The number of sulfonamides is 1. The van der Waals surface area contributed by atoms with Crippen molar-refractivity contribution >= 4 is 10.0 Å². The standard InChI is InChI=1S/C15H22N2O2S/c1-13(2)16-12-14-8-4-5-9-15(14)20(18,19)17-10-6-3-7-11-17/h3-6,8-9,13,16H,7,10-12H2,1-2H3. The van der Waals surface area contributed by atoms with Crippen molar-refractivity contribution < 1.29 is 8.42 Å². The molecule has 0 unspecified atom stereocenters. The fourth-order valence-electron chi connectivity index (χ4n) is 2.19. The van der Waals surface area contributed by atoms with Crippen LogP contribution in [0, 0.1) is 0 Å². The number of nitrogens with zero attached hydrogens (tertiary/aromatic N) is 1. The lowest BCUT2D eigenvalue weighted by Crippen LogP contribution is -2.34. The van der Waals surface area contributed by atoms with Gasteiger partial charge in [0, 0.05) is 25.7 Å². The predicted octanol–water partition coefficient (Wildman–Crippen LogP) is 2.14. The van der Waals surface area contributed by atoms with Crippen molar-refractivity contribution in [1.82, 2.24) is 9.62 Å². The third-order valence-electron chi connectivity index (χ3n) is 3.31. The van der Waals surface area contributed by atoms with Gasteiger partial charge in [-0.3, -0.25) is 0 Å². The van der Waals surface area contributed by atoms with Crippen LogP contribution in [-0.4, -0.2) is 31.9 Å². The second-order valence-corrected chi connectivity index (χ2v) is 7.17. The van der Waals surface area contributed by atoms with Crippen molar-refractivity contribution in [3.63, 3.8) is 0 Å². The van der Waals surface area contributed by atoms with Crippen LogP contribution in [0.4, 0.5) is 0 Å². The van der Waals surface area contributed by atoms with Crippen LogP contribution in [0.15, 0.2) is 41.3 Å². The molecule has 0 aromatic heterocycles. The lowest BCUT2D eigenvalue weighted by molar-refractivity contribution is 0.436. The van der Waals surface area contributed by atoms with E-state index in [4.69, 9.17) is 0 Å². The quantitative estimate of drug-likeness (QED) is 0.846. The summed E-state index contributed by atoms with van der Waals surface area (Å²) in [5, 5.41) is 3.28. The maximum absolute atomic E-state index is 12.7. The van der Waals surface area contributed by atoms with E-state index in [9.17, 15) is 8.42 Å². The van der Waals surface area contributed by atoms with Crippen LogP contribution in [0.25, 0.3) is 0 Å². The van der Waals surface area contributed by atoms with Crippen molar-refractivity contribution in [3.05, 3.63) is 42.0 Å². The molecule has 5 heteroatoms. The van der Waals surface area contributed by atoms with E-state index >= 15 is 0 Å². The molecule has 1 aliphatic heterocycles. The van der Waals surface area contributed by atoms with E-state index in [0.29, 0.717) is 30.6 Å². The largest absolute Gasteiger partial charge is 0.310 e. The van der Waals surface area contributed by atoms with Crippen molar-refractivity contribution in [2.24, 2.45) is 0 Å². The number of hydrogen-bond donors (Lipinski definition) is 1. The highest BCUT2D eigenvalue weighted by Crippen LogP contribution is 2.21. The second kappa shape index (κ2) is 6.52. The Kier molecular flexibility index (Phi) is 4.96. The van der Waals surface area contributed by atoms with Crippen LogP contribution in [0.1, 0.15) is 25.8 Å². The summed E-state index contributed by atoms with van der Waals surface area (Å²) in [7, 11) is -3.40. The normalized spacial score (nSPS) is 16.8. The van der Waals surface area contributed by atoms with Crippen LogP contribution in [0.5, 0.6) is 0 Å². The van der Waals surface area contributed by atoms with Crippen LogP contribution in [0.3, 0.4) is 0 Å². The Hall–Kier alpha value is -1.17. The molecular formula is C15H22N2O2S. The fraction of sp³-hybridized carbons (Fsp3) is 0.467. The summed E-state index contributed by atoms with van der Waals surface area (Å²) >= 11 is 0. The number of rotatable bonds is 5. The van der Waals surface area contributed by atoms with E-state index in [1.165, 1.54) is 0 Å². The highest BCUT2D eigenvalue weighted by atomic mass is 32.2. The number of nitrogens with one attached hydrogen (secondary N) is 1. The van der Waals surface area contributed by atoms with Gasteiger partial charge in [0.25, 0.3) is 0 Å². The van der Waals surface area contributed by atoms with E-state index in [1.54, 1.807) is 16.4 Å². The molecule has 1 aromatic rings. The van der Waals surface area contributed by atoms with Crippen molar-refractivity contribution in [2.45, 2.75) is 37.8 Å². The highest BCUT2D eigenvalue weighted by Gasteiger charge is 2.26. The minimum Gasteiger partial charge on any atom is -0.310 e. The van der Waals surface area contributed by atoms with Crippen molar-refractivity contribution in [3.8, 4) is 0 Å². The molecule has 1 aromatic carbocycles. The van der Waals surface area contributed by atoms with Gasteiger partial charge in [0.2, 0.25) is 10.0 Å². The average molecular weight is 294 g/mol. The molecule has 0 atom stereocenters. The van der Waals surface area contributed by atoms with Crippen molar-refractivity contribution in [1.29, 1.82) is 0 Å². The molecule has 0 aliphatic carbocycles. The van der Waals surface area contributed by atoms with Crippen LogP contribution in [0.2, 0.25) is 0 Å². The maximum Gasteiger partial charge on any atom is 0.243 e. The first kappa shape index (κ1) is 15.2. The molecule has 1 aliphatic rings. The summed E-state index contributed by atoms with van der Waals surface area (Å²) in [6.07, 6.45) is 4.72. The van der Waals surface area contributed by atoms with E-state index < -0.39 is 10.0 Å². The molecule has 1 heterocycles. The zero-order valence-corrected chi connectivity index (χ0v) is 12.9. The average Bonchev–Trinajstić information content (AvgIpc) is 2.46. The topological polar surface area (TPSA) is 49.4 Å². The zero-order valence-electron chi connectivity index (χ0n) is 12.0. The number of benzene rings is 1. The third kappa shape index (κ3) is 3.48. The highest BCUT2D eigenvalue weighted by molar-refractivity contribution is 7.89. The Morgan fingerprint density at radius 2 is 2.00 bits per heavy atom. The van der Waals surface area contributed by atoms with Gasteiger partial charge in [-0.05, 0) is 18.1 Å². The molecular weight excluding hydrogens is 272 g/mol. The minimum absolute atomic E-state index is 0.323. The van der Waals surface area contributed by atoms with Gasteiger partial charge in [-0.2, -0.15) is 4.31 Å². The molecule has 110 valence electrons. The molecule has 2 rings (SSSR count). The molecule has 0 radical (unpaired) electrons. The Labute approximate surface area is 121 Å². The fourth-order valence-corrected chi connectivity index (χ4v) is 3.82. The molecule has 0 fully saturated rings. The monoisotopic (exact) mass is 294 g/mol. The third-order valence-corrected chi connectivity index (χ3v) is 5.28. The summed E-state index contributed by atoms with van der Waals surface area (Å²) in [5.74, 6) is 0. The van der Waals surface area contributed by atoms with E-state index in [2.05, 4.69) is 5.32 Å². The molecule has 0 bridgehead atoms. The molecule has 0 saturated carbocycles. The SMILES string of the molecule is CC(C)NCc1ccccc1S(=O)(=O)N1CC=CCC1. The number of hydrogen-bond acceptors (Lipinski definition) is 3. The van der Waals surface area contributed by atoms with Crippen molar-refractivity contribution in [2.75, 3.05) is 13.1 Å². The molecule has 0 amide bonds. The second-order valence-electron chi connectivity index (χ2n) is 5.27. The lowest BCUT2D eigenvalue weighted by atomic mass is 10.2. The Bertz CT molecular complexity index is 579. The van der Waals surface area contributed by atoms with Gasteiger partial charge in [-0.1, -0.05) is 44.2 Å². The summed E-state index contributed by atoms with van der Waals surface area (Å²) in [6.45, 7) is 5.69. The maximum atomic E-state index is 12.7. The summed E-state index contributed by atoms with van der Waals surface area (Å²) < 4.78 is 27.0. The lowest BCUT2D eigenvalue weighted by Gasteiger charge is -2.24. The molecule has 20 heavy (non-hydrogen) atoms. The molecule has 1 N–H and O–H groups in total. The van der Waals surface area contributed by atoms with E-state index in [-0.39, 0.29) is 0 Å². The Morgan fingerprint density at radius 3 is 2.65 bits per heavy atom. The van der Waals surface area contributed by atoms with Gasteiger partial charge >= 0.3 is 0 Å². The van der Waals surface area contributed by atoms with Gasteiger partial charge in [0.15, 0.2) is 0 Å². The van der Waals surface area contributed by atoms with Gasteiger partial charge in [0.1, 0.15) is 0 Å². The summed E-state index contributed by atoms with van der Waals surface area (Å²) in [6, 6.07) is 7.56. The molecule has 0 saturated heterocycles. The first-order chi connectivity index (χ1) is 9.51. The smallest absolute Gasteiger partial charge is 0.243 e. The van der Waals surface area contributed by atoms with E-state index in [1.807, 2.05) is 38.1 Å². The van der Waals surface area contributed by atoms with E-state index in [0.717, 1.165) is 12.0 Å². The molecule has 0 spiro atoms. The molecule has 4 nitrogen and oxygen atoms in total. The van der Waals surface area contributed by atoms with Gasteiger partial charge < -0.3 is 5.32 Å². The van der Waals surface area contributed by atoms with Crippen LogP contribution in [-0.2, 0) is 16.6 Å².